The molecule has 0 saturated heterocycles. The van der Waals surface area contributed by atoms with Crippen LogP contribution < -0.4 is 11.1 Å². The van der Waals surface area contributed by atoms with Gasteiger partial charge in [0.25, 0.3) is 0 Å². The van der Waals surface area contributed by atoms with Crippen LogP contribution in [-0.4, -0.2) is 22.6 Å². The van der Waals surface area contributed by atoms with Gasteiger partial charge >= 0.3 is 12.0 Å². The lowest BCUT2D eigenvalue weighted by Crippen LogP contribution is -2.47. The predicted molar refractivity (Wildman–Crippen MR) is 87.3 cm³/mol. The number of nitrogens with two attached hydrogens (primary N) is 1. The van der Waals surface area contributed by atoms with Gasteiger partial charge in [0.05, 0.1) is 0 Å². The fourth-order valence-electron chi connectivity index (χ4n) is 2.99. The zero-order chi connectivity index (χ0) is 16.6. The molecule has 118 valence electrons. The minimum Gasteiger partial charge on any atom is -0.479 e. The van der Waals surface area contributed by atoms with Crippen LogP contribution in [0.3, 0.4) is 0 Å². The van der Waals surface area contributed by atoms with E-state index in [4.69, 9.17) is 17.3 Å². The SMILES string of the molecule is NC(=O)NC1(C(=O)O)CC1c1ccc(Cl)cc1-c1ccccc1. The van der Waals surface area contributed by atoms with Crippen LogP contribution in [0.2, 0.25) is 5.02 Å². The van der Waals surface area contributed by atoms with Gasteiger partial charge in [0, 0.05) is 10.9 Å². The number of amides is 2. The number of urea groups is 1. The van der Waals surface area contributed by atoms with Crippen molar-refractivity contribution < 1.29 is 14.7 Å². The van der Waals surface area contributed by atoms with Gasteiger partial charge in [-0.05, 0) is 35.2 Å². The summed E-state index contributed by atoms with van der Waals surface area (Å²) in [6.07, 6.45) is 0.298. The van der Waals surface area contributed by atoms with E-state index < -0.39 is 17.5 Å². The first-order chi connectivity index (χ1) is 10.9. The van der Waals surface area contributed by atoms with Crippen molar-refractivity contribution in [3.8, 4) is 11.1 Å². The molecular formula is C17H15ClN2O3. The van der Waals surface area contributed by atoms with Gasteiger partial charge in [-0.15, -0.1) is 0 Å². The molecule has 3 rings (SSSR count). The molecule has 0 aliphatic heterocycles. The largest absolute Gasteiger partial charge is 0.479 e. The molecule has 2 amide bonds. The van der Waals surface area contributed by atoms with Gasteiger partial charge in [-0.2, -0.15) is 0 Å². The van der Waals surface area contributed by atoms with Crippen molar-refractivity contribution in [2.75, 3.05) is 0 Å². The number of halogens is 1. The molecule has 23 heavy (non-hydrogen) atoms. The van der Waals surface area contributed by atoms with Crippen molar-refractivity contribution in [2.45, 2.75) is 17.9 Å². The number of primary amides is 1. The lowest BCUT2D eigenvalue weighted by Gasteiger charge is -2.16. The third-order valence-electron chi connectivity index (χ3n) is 4.16. The van der Waals surface area contributed by atoms with Crippen LogP contribution in [0.4, 0.5) is 4.79 Å². The Morgan fingerprint density at radius 2 is 1.91 bits per heavy atom. The molecule has 2 aromatic rings. The van der Waals surface area contributed by atoms with Crippen LogP contribution in [0.5, 0.6) is 0 Å². The predicted octanol–water partition coefficient (Wildman–Crippen LogP) is 2.99. The minimum atomic E-state index is -1.34. The molecule has 0 bridgehead atoms. The number of benzene rings is 2. The van der Waals surface area contributed by atoms with Crippen molar-refractivity contribution in [2.24, 2.45) is 5.73 Å². The molecule has 6 heteroatoms. The minimum absolute atomic E-state index is 0.298. The topological polar surface area (TPSA) is 92.4 Å². The lowest BCUT2D eigenvalue weighted by molar-refractivity contribution is -0.140. The van der Waals surface area contributed by atoms with Gasteiger partial charge in [0.2, 0.25) is 0 Å². The monoisotopic (exact) mass is 330 g/mol. The highest BCUT2D eigenvalue weighted by molar-refractivity contribution is 6.30. The number of hydrogen-bond acceptors (Lipinski definition) is 2. The van der Waals surface area contributed by atoms with Gasteiger partial charge in [-0.3, -0.25) is 0 Å². The molecule has 1 saturated carbocycles. The Morgan fingerprint density at radius 3 is 2.52 bits per heavy atom. The Balaban J connectivity index is 2.05. The summed E-state index contributed by atoms with van der Waals surface area (Å²) >= 11 is 6.10. The van der Waals surface area contributed by atoms with Crippen LogP contribution in [0.1, 0.15) is 17.9 Å². The number of rotatable bonds is 4. The Hall–Kier alpha value is -2.53. The summed E-state index contributed by atoms with van der Waals surface area (Å²) in [4.78, 5) is 22.8. The van der Waals surface area contributed by atoms with Crippen LogP contribution >= 0.6 is 11.6 Å². The number of carbonyl (C=O) groups is 2. The Morgan fingerprint density at radius 1 is 1.22 bits per heavy atom. The second kappa shape index (κ2) is 5.59. The quantitative estimate of drug-likeness (QED) is 0.804. The first-order valence-electron chi connectivity index (χ1n) is 7.10. The highest BCUT2D eigenvalue weighted by atomic mass is 35.5. The number of aliphatic carboxylic acids is 1. The molecule has 2 atom stereocenters. The van der Waals surface area contributed by atoms with Gasteiger partial charge < -0.3 is 16.2 Å². The van der Waals surface area contributed by atoms with E-state index in [0.29, 0.717) is 11.4 Å². The molecule has 1 aliphatic rings. The average Bonchev–Trinajstić information content (AvgIpc) is 3.22. The van der Waals surface area contributed by atoms with E-state index in [1.807, 2.05) is 36.4 Å². The lowest BCUT2D eigenvalue weighted by atomic mass is 9.95. The third kappa shape index (κ3) is 2.75. The van der Waals surface area contributed by atoms with Crippen LogP contribution in [0, 0.1) is 0 Å². The molecule has 5 nitrogen and oxygen atoms in total. The van der Waals surface area contributed by atoms with E-state index in [1.165, 1.54) is 0 Å². The van der Waals surface area contributed by atoms with Crippen molar-refractivity contribution >= 4 is 23.6 Å². The summed E-state index contributed by atoms with van der Waals surface area (Å²) in [6, 6.07) is 14.1. The highest BCUT2D eigenvalue weighted by Gasteiger charge is 2.62. The molecular weight excluding hydrogens is 316 g/mol. The van der Waals surface area contributed by atoms with Crippen molar-refractivity contribution in [1.82, 2.24) is 5.32 Å². The van der Waals surface area contributed by atoms with Gasteiger partial charge in [0.15, 0.2) is 0 Å². The van der Waals surface area contributed by atoms with E-state index in [0.717, 1.165) is 16.7 Å². The molecule has 0 heterocycles. The highest BCUT2D eigenvalue weighted by Crippen LogP contribution is 2.54. The standard InChI is InChI=1S/C17H15ClN2O3/c18-11-6-7-12(13(8-11)10-4-2-1-3-5-10)14-9-17(14,15(21)22)20-16(19)23/h1-8,14H,9H2,(H,21,22)(H3,19,20,23). The summed E-state index contributed by atoms with van der Waals surface area (Å²) in [6.45, 7) is 0. The average molecular weight is 331 g/mol. The van der Waals surface area contributed by atoms with Crippen LogP contribution in [0.15, 0.2) is 48.5 Å². The molecule has 2 unspecified atom stereocenters. The second-order valence-corrected chi connectivity index (χ2v) is 6.06. The number of carboxylic acids is 1. The maximum absolute atomic E-state index is 11.6. The molecule has 0 spiro atoms. The van der Waals surface area contributed by atoms with Gasteiger partial charge in [-0.1, -0.05) is 48.0 Å². The Labute approximate surface area is 138 Å². The normalized spacial score (nSPS) is 22.4. The summed E-state index contributed by atoms with van der Waals surface area (Å²) in [5.74, 6) is -1.43. The molecule has 1 aliphatic carbocycles. The number of carboxylic acid groups (broad SMARTS) is 1. The Bertz CT molecular complexity index is 779. The first kappa shape index (κ1) is 15.4. The van der Waals surface area contributed by atoms with Crippen molar-refractivity contribution in [3.05, 3.63) is 59.1 Å². The summed E-state index contributed by atoms with van der Waals surface area (Å²) < 4.78 is 0. The van der Waals surface area contributed by atoms with Gasteiger partial charge in [0.1, 0.15) is 5.54 Å². The molecule has 4 N–H and O–H groups in total. The van der Waals surface area contributed by atoms with Crippen molar-refractivity contribution in [1.29, 1.82) is 0 Å². The second-order valence-electron chi connectivity index (χ2n) is 5.62. The molecule has 1 fully saturated rings. The van der Waals surface area contributed by atoms with Crippen LogP contribution in [0.25, 0.3) is 11.1 Å². The number of hydrogen-bond donors (Lipinski definition) is 3. The first-order valence-corrected chi connectivity index (χ1v) is 7.48. The molecule has 0 aromatic heterocycles. The smallest absolute Gasteiger partial charge is 0.330 e. The number of nitrogens with one attached hydrogen (secondary N) is 1. The fourth-order valence-corrected chi connectivity index (χ4v) is 3.16. The van der Waals surface area contributed by atoms with E-state index in [9.17, 15) is 14.7 Å². The molecule has 0 radical (unpaired) electrons. The zero-order valence-corrected chi connectivity index (χ0v) is 12.9. The number of carbonyl (C=O) groups excluding carboxylic acids is 1. The Kier molecular flexibility index (Phi) is 3.74. The maximum atomic E-state index is 11.6. The maximum Gasteiger partial charge on any atom is 0.330 e. The van der Waals surface area contributed by atoms with E-state index in [1.54, 1.807) is 12.1 Å². The zero-order valence-electron chi connectivity index (χ0n) is 12.1. The summed E-state index contributed by atoms with van der Waals surface area (Å²) in [7, 11) is 0. The van der Waals surface area contributed by atoms with E-state index in [-0.39, 0.29) is 5.92 Å². The van der Waals surface area contributed by atoms with Gasteiger partial charge in [-0.25, -0.2) is 9.59 Å². The third-order valence-corrected chi connectivity index (χ3v) is 4.40. The fraction of sp³-hybridized carbons (Fsp3) is 0.176. The van der Waals surface area contributed by atoms with Crippen molar-refractivity contribution in [3.63, 3.8) is 0 Å². The van der Waals surface area contributed by atoms with E-state index >= 15 is 0 Å². The van der Waals surface area contributed by atoms with E-state index in [2.05, 4.69) is 5.32 Å². The van der Waals surface area contributed by atoms with Crippen LogP contribution in [-0.2, 0) is 4.79 Å². The summed E-state index contributed by atoms with van der Waals surface area (Å²) in [5.41, 5.74) is 6.42. The molecule has 2 aromatic carbocycles. The summed E-state index contributed by atoms with van der Waals surface area (Å²) in [5, 5.41) is 12.4.